The van der Waals surface area contributed by atoms with Crippen LogP contribution in [0.5, 0.6) is 5.19 Å². The molecule has 1 aromatic heterocycles. The Bertz CT molecular complexity index is 428. The predicted octanol–water partition coefficient (Wildman–Crippen LogP) is 2.44. The molecule has 0 spiro atoms. The number of rotatable bonds is 5. The zero-order valence-electron chi connectivity index (χ0n) is 9.14. The Morgan fingerprint density at radius 1 is 1.25 bits per heavy atom. The number of nitrogens with one attached hydrogen (secondary N) is 1. The summed E-state index contributed by atoms with van der Waals surface area (Å²) >= 11 is 1.57. The molecule has 4 heteroatoms. The highest BCUT2D eigenvalue weighted by Crippen LogP contribution is 2.19. The molecule has 0 bridgehead atoms. The van der Waals surface area contributed by atoms with E-state index in [-0.39, 0.29) is 0 Å². The summed E-state index contributed by atoms with van der Waals surface area (Å²) in [5.41, 5.74) is 1.29. The Labute approximate surface area is 99.1 Å². The van der Waals surface area contributed by atoms with Gasteiger partial charge in [0.15, 0.2) is 0 Å². The van der Waals surface area contributed by atoms with Crippen molar-refractivity contribution in [3.8, 4) is 5.19 Å². The van der Waals surface area contributed by atoms with Crippen LogP contribution in [0.2, 0.25) is 0 Å². The summed E-state index contributed by atoms with van der Waals surface area (Å²) in [5.74, 6) is 0. The molecule has 0 aliphatic rings. The first-order valence-corrected chi connectivity index (χ1v) is 5.93. The van der Waals surface area contributed by atoms with Gasteiger partial charge in [-0.2, -0.15) is 0 Å². The van der Waals surface area contributed by atoms with Gasteiger partial charge in [-0.05, 0) is 5.56 Å². The van der Waals surface area contributed by atoms with Crippen LogP contribution in [0.4, 0.5) is 0 Å². The molecule has 2 rings (SSSR count). The summed E-state index contributed by atoms with van der Waals surface area (Å²) in [4.78, 5) is 5.30. The van der Waals surface area contributed by atoms with E-state index < -0.39 is 0 Å². The van der Waals surface area contributed by atoms with Crippen LogP contribution < -0.4 is 10.1 Å². The van der Waals surface area contributed by atoms with Crippen LogP contribution in [0, 0.1) is 0 Å². The molecule has 0 aliphatic carbocycles. The highest BCUT2D eigenvalue weighted by Gasteiger charge is 2.00. The van der Waals surface area contributed by atoms with Crippen molar-refractivity contribution in [1.82, 2.24) is 10.3 Å². The average molecular weight is 234 g/mol. The third kappa shape index (κ3) is 3.05. The van der Waals surface area contributed by atoms with Crippen molar-refractivity contribution in [2.24, 2.45) is 0 Å². The van der Waals surface area contributed by atoms with Crippen molar-refractivity contribution in [3.05, 3.63) is 47.0 Å². The summed E-state index contributed by atoms with van der Waals surface area (Å²) in [5, 5.41) is 4.09. The molecule has 16 heavy (non-hydrogen) atoms. The largest absolute Gasteiger partial charge is 0.473 e. The van der Waals surface area contributed by atoms with E-state index in [1.54, 1.807) is 18.4 Å². The Hall–Kier alpha value is -1.39. The molecule has 84 valence electrons. The SMILES string of the molecule is COc1ncc(CNCc2ccccc2)s1. The minimum atomic E-state index is 0.719. The normalized spacial score (nSPS) is 10.3. The number of thiazole rings is 1. The van der Waals surface area contributed by atoms with Crippen LogP contribution in [0.3, 0.4) is 0 Å². The number of hydrogen-bond donors (Lipinski definition) is 1. The lowest BCUT2D eigenvalue weighted by Crippen LogP contribution is -2.11. The zero-order valence-corrected chi connectivity index (χ0v) is 9.96. The Balaban J connectivity index is 1.80. The maximum atomic E-state index is 5.04. The number of hydrogen-bond acceptors (Lipinski definition) is 4. The standard InChI is InChI=1S/C12H14N2OS/c1-15-12-14-9-11(16-12)8-13-7-10-5-3-2-4-6-10/h2-6,9,13H,7-8H2,1H3. The second-order valence-corrected chi connectivity index (χ2v) is 4.46. The van der Waals surface area contributed by atoms with E-state index in [9.17, 15) is 0 Å². The molecule has 0 fully saturated rings. The molecule has 3 nitrogen and oxygen atoms in total. The molecule has 0 aliphatic heterocycles. The van der Waals surface area contributed by atoms with Crippen molar-refractivity contribution in [2.45, 2.75) is 13.1 Å². The van der Waals surface area contributed by atoms with E-state index in [0.717, 1.165) is 18.3 Å². The lowest BCUT2D eigenvalue weighted by molar-refractivity contribution is 0.412. The van der Waals surface area contributed by atoms with Gasteiger partial charge in [-0.1, -0.05) is 41.7 Å². The van der Waals surface area contributed by atoms with Gasteiger partial charge in [-0.15, -0.1) is 0 Å². The number of ether oxygens (including phenoxy) is 1. The first kappa shape index (κ1) is 11.1. The molecule has 0 amide bonds. The monoisotopic (exact) mass is 234 g/mol. The highest BCUT2D eigenvalue weighted by molar-refractivity contribution is 7.13. The second kappa shape index (κ2) is 5.63. The van der Waals surface area contributed by atoms with Gasteiger partial charge >= 0.3 is 0 Å². The van der Waals surface area contributed by atoms with Crippen LogP contribution in [-0.2, 0) is 13.1 Å². The quantitative estimate of drug-likeness (QED) is 0.862. The highest BCUT2D eigenvalue weighted by atomic mass is 32.1. The fourth-order valence-corrected chi connectivity index (χ4v) is 2.08. The van der Waals surface area contributed by atoms with Crippen LogP contribution in [0.1, 0.15) is 10.4 Å². The van der Waals surface area contributed by atoms with Crippen LogP contribution in [-0.4, -0.2) is 12.1 Å². The number of nitrogens with zero attached hydrogens (tertiary/aromatic N) is 1. The van der Waals surface area contributed by atoms with Gasteiger partial charge in [-0.25, -0.2) is 4.98 Å². The smallest absolute Gasteiger partial charge is 0.273 e. The molecule has 1 heterocycles. The summed E-state index contributed by atoms with van der Waals surface area (Å²) in [6.45, 7) is 1.71. The first-order valence-electron chi connectivity index (χ1n) is 5.12. The topological polar surface area (TPSA) is 34.1 Å². The van der Waals surface area contributed by atoms with Gasteiger partial charge in [0.1, 0.15) is 0 Å². The van der Waals surface area contributed by atoms with E-state index in [1.165, 1.54) is 10.4 Å². The zero-order chi connectivity index (χ0) is 11.2. The molecule has 1 N–H and O–H groups in total. The minimum Gasteiger partial charge on any atom is -0.473 e. The molecule has 0 atom stereocenters. The maximum absolute atomic E-state index is 5.04. The summed E-state index contributed by atoms with van der Waals surface area (Å²) < 4.78 is 5.04. The molecular formula is C12H14N2OS. The number of methoxy groups -OCH3 is 1. The van der Waals surface area contributed by atoms with Gasteiger partial charge < -0.3 is 10.1 Å². The maximum Gasteiger partial charge on any atom is 0.273 e. The van der Waals surface area contributed by atoms with Crippen molar-refractivity contribution < 1.29 is 4.74 Å². The van der Waals surface area contributed by atoms with Crippen molar-refractivity contribution in [2.75, 3.05) is 7.11 Å². The Kier molecular flexibility index (Phi) is 3.91. The Morgan fingerprint density at radius 2 is 2.06 bits per heavy atom. The minimum absolute atomic E-state index is 0.719. The van der Waals surface area contributed by atoms with E-state index in [0.29, 0.717) is 0 Å². The molecule has 0 unspecified atom stereocenters. The second-order valence-electron chi connectivity index (χ2n) is 3.39. The molecule has 0 saturated heterocycles. The predicted molar refractivity (Wildman–Crippen MR) is 65.7 cm³/mol. The van der Waals surface area contributed by atoms with E-state index in [2.05, 4.69) is 22.4 Å². The lowest BCUT2D eigenvalue weighted by Gasteiger charge is -2.02. The molecule has 0 radical (unpaired) electrons. The molecule has 0 saturated carbocycles. The van der Waals surface area contributed by atoms with Crippen LogP contribution >= 0.6 is 11.3 Å². The molecule has 1 aromatic carbocycles. The third-order valence-corrected chi connectivity index (χ3v) is 3.14. The van der Waals surface area contributed by atoms with Crippen molar-refractivity contribution >= 4 is 11.3 Å². The van der Waals surface area contributed by atoms with Gasteiger partial charge in [0.2, 0.25) is 0 Å². The van der Waals surface area contributed by atoms with E-state index in [1.807, 2.05) is 24.4 Å². The van der Waals surface area contributed by atoms with Gasteiger partial charge in [-0.3, -0.25) is 0 Å². The van der Waals surface area contributed by atoms with Crippen molar-refractivity contribution in [3.63, 3.8) is 0 Å². The van der Waals surface area contributed by atoms with Gasteiger partial charge in [0, 0.05) is 24.2 Å². The fraction of sp³-hybridized carbons (Fsp3) is 0.250. The first-order chi connectivity index (χ1) is 7.88. The fourth-order valence-electron chi connectivity index (χ4n) is 1.39. The number of benzene rings is 1. The molecular weight excluding hydrogens is 220 g/mol. The van der Waals surface area contributed by atoms with Crippen LogP contribution in [0.25, 0.3) is 0 Å². The molecule has 2 aromatic rings. The Morgan fingerprint density at radius 3 is 2.75 bits per heavy atom. The van der Waals surface area contributed by atoms with Gasteiger partial charge in [0.25, 0.3) is 5.19 Å². The van der Waals surface area contributed by atoms with Crippen LogP contribution in [0.15, 0.2) is 36.5 Å². The summed E-state index contributed by atoms with van der Waals surface area (Å²) in [6, 6.07) is 10.3. The summed E-state index contributed by atoms with van der Waals surface area (Å²) in [6.07, 6.45) is 1.85. The lowest BCUT2D eigenvalue weighted by atomic mass is 10.2. The summed E-state index contributed by atoms with van der Waals surface area (Å²) in [7, 11) is 1.64. The van der Waals surface area contributed by atoms with E-state index in [4.69, 9.17) is 4.74 Å². The van der Waals surface area contributed by atoms with Gasteiger partial charge in [0.05, 0.1) is 7.11 Å². The van der Waals surface area contributed by atoms with Crippen molar-refractivity contribution in [1.29, 1.82) is 0 Å². The number of aromatic nitrogens is 1. The third-order valence-electron chi connectivity index (χ3n) is 2.18. The van der Waals surface area contributed by atoms with E-state index >= 15 is 0 Å². The average Bonchev–Trinajstić information content (AvgIpc) is 2.78.